The molecule has 0 unspecified atom stereocenters. The van der Waals surface area contributed by atoms with Crippen molar-refractivity contribution in [3.63, 3.8) is 0 Å². The van der Waals surface area contributed by atoms with Crippen molar-refractivity contribution in [1.29, 1.82) is 0 Å². The lowest BCUT2D eigenvalue weighted by molar-refractivity contribution is -0.116. The molecule has 2 aromatic carbocycles. The SMILES string of the molecule is CN(CCCC(=O)Nc1nc(-c2ccccc2OC(F)F)cs1)S(=O)(=O)c1ccc(F)cc1. The number of nitrogens with one attached hydrogen (secondary N) is 1. The average Bonchev–Trinajstić information content (AvgIpc) is 3.22. The molecule has 1 aromatic heterocycles. The van der Waals surface area contributed by atoms with E-state index in [4.69, 9.17) is 0 Å². The molecule has 0 spiro atoms. The van der Waals surface area contributed by atoms with Crippen LogP contribution >= 0.6 is 11.3 Å². The standard InChI is InChI=1S/C21H20F3N3O4S2/c1-27(33(29,30)15-10-8-14(22)9-11-15)12-4-7-19(28)26-21-25-17(13-32-21)16-5-2-3-6-18(16)31-20(23)24/h2-3,5-6,8-11,13,20H,4,7,12H2,1H3,(H,25,26,28). The Balaban J connectivity index is 1.54. The monoisotopic (exact) mass is 499 g/mol. The highest BCUT2D eigenvalue weighted by Gasteiger charge is 2.21. The number of rotatable bonds is 10. The van der Waals surface area contributed by atoms with Gasteiger partial charge in [-0.05, 0) is 42.8 Å². The molecule has 3 rings (SSSR count). The number of ether oxygens (including phenoxy) is 1. The fourth-order valence-electron chi connectivity index (χ4n) is 2.88. The van der Waals surface area contributed by atoms with E-state index in [0.29, 0.717) is 11.3 Å². The molecule has 7 nitrogen and oxygen atoms in total. The summed E-state index contributed by atoms with van der Waals surface area (Å²) in [6.45, 7) is -2.90. The lowest BCUT2D eigenvalue weighted by Crippen LogP contribution is -2.28. The Morgan fingerprint density at radius 2 is 1.88 bits per heavy atom. The predicted molar refractivity (Wildman–Crippen MR) is 118 cm³/mol. The Labute approximate surface area is 192 Å². The molecule has 1 amide bonds. The molecule has 0 aliphatic rings. The lowest BCUT2D eigenvalue weighted by atomic mass is 10.1. The zero-order chi connectivity index (χ0) is 24.0. The van der Waals surface area contributed by atoms with E-state index in [1.807, 2.05) is 0 Å². The van der Waals surface area contributed by atoms with Gasteiger partial charge in [0.05, 0.1) is 10.6 Å². The number of aromatic nitrogens is 1. The Morgan fingerprint density at radius 1 is 1.18 bits per heavy atom. The maximum absolute atomic E-state index is 13.0. The van der Waals surface area contributed by atoms with Crippen molar-refractivity contribution >= 4 is 32.4 Å². The number of halogens is 3. The summed E-state index contributed by atoms with van der Waals surface area (Å²) in [7, 11) is -2.42. The second-order valence-corrected chi connectivity index (χ2v) is 9.75. The van der Waals surface area contributed by atoms with Crippen LogP contribution < -0.4 is 10.1 Å². The maximum atomic E-state index is 13.0. The van der Waals surface area contributed by atoms with Crippen molar-refractivity contribution in [2.24, 2.45) is 0 Å². The summed E-state index contributed by atoms with van der Waals surface area (Å²) in [5.74, 6) is -0.940. The van der Waals surface area contributed by atoms with Crippen molar-refractivity contribution in [1.82, 2.24) is 9.29 Å². The third-order valence-electron chi connectivity index (χ3n) is 4.53. The van der Waals surface area contributed by atoms with Crippen LogP contribution in [0.15, 0.2) is 58.8 Å². The van der Waals surface area contributed by atoms with E-state index in [-0.39, 0.29) is 41.1 Å². The van der Waals surface area contributed by atoms with Gasteiger partial charge in [0, 0.05) is 31.0 Å². The van der Waals surface area contributed by atoms with E-state index in [2.05, 4.69) is 15.0 Å². The Bertz CT molecular complexity index is 1200. The van der Waals surface area contributed by atoms with Crippen LogP contribution in [-0.4, -0.2) is 43.8 Å². The number of benzene rings is 2. The van der Waals surface area contributed by atoms with Crippen LogP contribution in [0.4, 0.5) is 18.3 Å². The number of anilines is 1. The maximum Gasteiger partial charge on any atom is 0.387 e. The first kappa shape index (κ1) is 24.7. The van der Waals surface area contributed by atoms with Crippen LogP contribution in [0.3, 0.4) is 0 Å². The molecule has 0 fully saturated rings. The summed E-state index contributed by atoms with van der Waals surface area (Å²) in [6, 6.07) is 10.7. The second kappa shape index (κ2) is 10.8. The highest BCUT2D eigenvalue weighted by molar-refractivity contribution is 7.89. The molecule has 1 heterocycles. The van der Waals surface area contributed by atoms with Gasteiger partial charge in [-0.3, -0.25) is 4.79 Å². The van der Waals surface area contributed by atoms with Crippen molar-refractivity contribution in [3.05, 3.63) is 59.7 Å². The van der Waals surface area contributed by atoms with Gasteiger partial charge in [-0.2, -0.15) is 8.78 Å². The number of nitrogens with zero attached hydrogens (tertiary/aromatic N) is 2. The molecular formula is C21H20F3N3O4S2. The number of para-hydroxylation sites is 1. The van der Waals surface area contributed by atoms with Crippen LogP contribution in [0.2, 0.25) is 0 Å². The zero-order valence-electron chi connectivity index (χ0n) is 17.4. The minimum Gasteiger partial charge on any atom is -0.434 e. The summed E-state index contributed by atoms with van der Waals surface area (Å²) in [5, 5.41) is 4.49. The smallest absolute Gasteiger partial charge is 0.387 e. The molecule has 1 N–H and O–H groups in total. The minimum atomic E-state index is -3.79. The van der Waals surface area contributed by atoms with Crippen LogP contribution in [-0.2, 0) is 14.8 Å². The molecule has 0 aliphatic heterocycles. The van der Waals surface area contributed by atoms with E-state index < -0.39 is 22.5 Å². The van der Waals surface area contributed by atoms with Crippen LogP contribution in [0.25, 0.3) is 11.3 Å². The summed E-state index contributed by atoms with van der Waals surface area (Å²) >= 11 is 1.12. The van der Waals surface area contributed by atoms with Crippen molar-refractivity contribution in [3.8, 4) is 17.0 Å². The number of alkyl halides is 2. The van der Waals surface area contributed by atoms with Gasteiger partial charge in [0.15, 0.2) is 5.13 Å². The van der Waals surface area contributed by atoms with Crippen molar-refractivity contribution in [2.75, 3.05) is 18.9 Å². The lowest BCUT2D eigenvalue weighted by Gasteiger charge is -2.17. The van der Waals surface area contributed by atoms with Crippen LogP contribution in [0.5, 0.6) is 5.75 Å². The average molecular weight is 500 g/mol. The third kappa shape index (κ3) is 6.53. The summed E-state index contributed by atoms with van der Waals surface area (Å²) in [5.41, 5.74) is 0.735. The molecule has 176 valence electrons. The molecule has 0 bridgehead atoms. The van der Waals surface area contributed by atoms with E-state index in [1.54, 1.807) is 23.6 Å². The number of sulfonamides is 1. The van der Waals surface area contributed by atoms with E-state index in [0.717, 1.165) is 27.8 Å². The third-order valence-corrected chi connectivity index (χ3v) is 7.16. The Morgan fingerprint density at radius 3 is 2.58 bits per heavy atom. The molecule has 3 aromatic rings. The fourth-order valence-corrected chi connectivity index (χ4v) is 4.82. The fraction of sp³-hybridized carbons (Fsp3) is 0.238. The highest BCUT2D eigenvalue weighted by Crippen LogP contribution is 2.33. The van der Waals surface area contributed by atoms with Crippen LogP contribution in [0, 0.1) is 5.82 Å². The molecule has 0 atom stereocenters. The number of amides is 1. The number of carbonyl (C=O) groups is 1. The van der Waals surface area contributed by atoms with Crippen molar-refractivity contribution < 1.29 is 31.1 Å². The number of carbonyl (C=O) groups excluding carboxylic acids is 1. The van der Waals surface area contributed by atoms with Gasteiger partial charge in [0.1, 0.15) is 11.6 Å². The Hall–Kier alpha value is -2.96. The molecule has 0 radical (unpaired) electrons. The summed E-state index contributed by atoms with van der Waals surface area (Å²) in [6.07, 6.45) is 0.273. The summed E-state index contributed by atoms with van der Waals surface area (Å²) < 4.78 is 68.8. The van der Waals surface area contributed by atoms with Gasteiger partial charge in [-0.1, -0.05) is 12.1 Å². The first-order valence-electron chi connectivity index (χ1n) is 9.68. The molecule has 0 aliphatic carbocycles. The quantitative estimate of drug-likeness (QED) is 0.441. The Kier molecular flexibility index (Phi) is 8.06. The first-order valence-corrected chi connectivity index (χ1v) is 12.0. The molecule has 0 saturated carbocycles. The molecule has 12 heteroatoms. The zero-order valence-corrected chi connectivity index (χ0v) is 19.0. The second-order valence-electron chi connectivity index (χ2n) is 6.84. The summed E-state index contributed by atoms with van der Waals surface area (Å²) in [4.78, 5) is 16.4. The van der Waals surface area contributed by atoms with Crippen LogP contribution in [0.1, 0.15) is 12.8 Å². The molecular weight excluding hydrogens is 479 g/mol. The van der Waals surface area contributed by atoms with Gasteiger partial charge < -0.3 is 10.1 Å². The number of hydrogen-bond donors (Lipinski definition) is 1. The van der Waals surface area contributed by atoms with Crippen molar-refractivity contribution in [2.45, 2.75) is 24.3 Å². The van der Waals surface area contributed by atoms with Gasteiger partial charge >= 0.3 is 6.61 Å². The largest absolute Gasteiger partial charge is 0.434 e. The van der Waals surface area contributed by atoms with Gasteiger partial charge in [0.2, 0.25) is 15.9 Å². The number of hydrogen-bond acceptors (Lipinski definition) is 6. The van der Waals surface area contributed by atoms with E-state index >= 15 is 0 Å². The van der Waals surface area contributed by atoms with Gasteiger partial charge in [0.25, 0.3) is 0 Å². The first-order chi connectivity index (χ1) is 15.7. The van der Waals surface area contributed by atoms with E-state index in [1.165, 1.54) is 25.2 Å². The molecule has 0 saturated heterocycles. The highest BCUT2D eigenvalue weighted by atomic mass is 32.2. The molecule has 33 heavy (non-hydrogen) atoms. The topological polar surface area (TPSA) is 88.6 Å². The number of thiazole rings is 1. The normalized spacial score (nSPS) is 11.7. The van der Waals surface area contributed by atoms with E-state index in [9.17, 15) is 26.4 Å². The predicted octanol–water partition coefficient (Wildman–Crippen LogP) is 4.59. The van der Waals surface area contributed by atoms with Gasteiger partial charge in [-0.15, -0.1) is 11.3 Å². The minimum absolute atomic E-state index is 0.0268. The van der Waals surface area contributed by atoms with Gasteiger partial charge in [-0.25, -0.2) is 22.1 Å².